The number of hydrogen-bond acceptors (Lipinski definition) is 6. The summed E-state index contributed by atoms with van der Waals surface area (Å²) in [6.45, 7) is 1.01. The minimum Gasteiger partial charge on any atom is -0.550 e. The molecule has 1 aliphatic heterocycles. The van der Waals surface area contributed by atoms with E-state index in [4.69, 9.17) is 9.47 Å². The van der Waals surface area contributed by atoms with E-state index in [1.165, 1.54) is 4.90 Å². The van der Waals surface area contributed by atoms with Gasteiger partial charge in [0.1, 0.15) is 0 Å². The number of benzene rings is 2. The van der Waals surface area contributed by atoms with Gasteiger partial charge in [-0.25, -0.2) is 0 Å². The molecule has 0 saturated heterocycles. The normalized spacial score (nSPS) is 12.3. The standard InChI is InChI=1S/C22H23NO6.K/c24-20(25)12-7-15-29-19-11-4-3-10-18(19)28-14-6-5-13-23-21(26)16-8-1-2-9-17(16)22(23)27;/h1-4,8-11H,5-7,12-15H2,(H,24,25);/q;+1/p-1. The van der Waals surface area contributed by atoms with Crippen LogP contribution in [0.25, 0.3) is 0 Å². The summed E-state index contributed by atoms with van der Waals surface area (Å²) in [4.78, 5) is 36.4. The van der Waals surface area contributed by atoms with Crippen molar-refractivity contribution in [2.75, 3.05) is 19.8 Å². The van der Waals surface area contributed by atoms with Gasteiger partial charge in [0.15, 0.2) is 11.5 Å². The van der Waals surface area contributed by atoms with E-state index >= 15 is 0 Å². The minimum absolute atomic E-state index is 0. The zero-order valence-electron chi connectivity index (χ0n) is 17.0. The number of carboxylic acids is 1. The number of hydrogen-bond donors (Lipinski definition) is 0. The summed E-state index contributed by atoms with van der Waals surface area (Å²) >= 11 is 0. The third kappa shape index (κ3) is 6.39. The predicted octanol–water partition coefficient (Wildman–Crippen LogP) is -0.945. The number of carbonyl (C=O) groups excluding carboxylic acids is 3. The van der Waals surface area contributed by atoms with Crippen LogP contribution in [-0.2, 0) is 4.79 Å². The summed E-state index contributed by atoms with van der Waals surface area (Å²) in [6, 6.07) is 14.0. The van der Waals surface area contributed by atoms with Gasteiger partial charge in [-0.3, -0.25) is 14.5 Å². The number of carboxylic acid groups (broad SMARTS) is 1. The third-order valence-electron chi connectivity index (χ3n) is 4.54. The summed E-state index contributed by atoms with van der Waals surface area (Å²) in [7, 11) is 0. The average molecular weight is 436 g/mol. The number of aliphatic carboxylic acids is 1. The Hall–Kier alpha value is -1.71. The van der Waals surface area contributed by atoms with Crippen molar-refractivity contribution in [1.82, 2.24) is 4.90 Å². The average Bonchev–Trinajstić information content (AvgIpc) is 2.96. The van der Waals surface area contributed by atoms with Crippen LogP contribution < -0.4 is 66.0 Å². The van der Waals surface area contributed by atoms with Crippen LogP contribution in [0.4, 0.5) is 0 Å². The van der Waals surface area contributed by atoms with Gasteiger partial charge in [-0.05, 0) is 49.9 Å². The van der Waals surface area contributed by atoms with Crippen molar-refractivity contribution < 1.29 is 80.3 Å². The molecule has 0 saturated carbocycles. The Morgan fingerprint density at radius 3 is 1.83 bits per heavy atom. The molecule has 2 aromatic carbocycles. The molecule has 0 unspecified atom stereocenters. The number of unbranched alkanes of at least 4 members (excludes halogenated alkanes) is 1. The topological polar surface area (TPSA) is 96.0 Å². The SMILES string of the molecule is O=C([O-])CCCOc1ccccc1OCCCCN1C(=O)c2ccccc2C1=O.[K+]. The van der Waals surface area contributed by atoms with E-state index in [2.05, 4.69) is 0 Å². The Morgan fingerprint density at radius 2 is 1.30 bits per heavy atom. The van der Waals surface area contributed by atoms with Crippen LogP contribution in [0.3, 0.4) is 0 Å². The smallest absolute Gasteiger partial charge is 0.550 e. The second-order valence-electron chi connectivity index (χ2n) is 6.63. The van der Waals surface area contributed by atoms with Gasteiger partial charge in [0.2, 0.25) is 0 Å². The van der Waals surface area contributed by atoms with Gasteiger partial charge in [0.25, 0.3) is 11.8 Å². The van der Waals surface area contributed by atoms with Gasteiger partial charge >= 0.3 is 51.4 Å². The van der Waals surface area contributed by atoms with E-state index in [9.17, 15) is 19.5 Å². The van der Waals surface area contributed by atoms with Crippen molar-refractivity contribution in [1.29, 1.82) is 0 Å². The molecule has 0 N–H and O–H groups in total. The molecule has 2 amide bonds. The van der Waals surface area contributed by atoms with E-state index in [0.717, 1.165) is 0 Å². The second-order valence-corrected chi connectivity index (χ2v) is 6.63. The molecule has 1 aliphatic rings. The zero-order valence-corrected chi connectivity index (χ0v) is 20.1. The Bertz CT molecular complexity index is 866. The van der Waals surface area contributed by atoms with Gasteiger partial charge in [-0.1, -0.05) is 24.3 Å². The fourth-order valence-electron chi connectivity index (χ4n) is 3.08. The van der Waals surface area contributed by atoms with Gasteiger partial charge in [-0.2, -0.15) is 0 Å². The van der Waals surface area contributed by atoms with Crippen molar-refractivity contribution in [2.45, 2.75) is 25.7 Å². The molecule has 0 aliphatic carbocycles. The molecule has 30 heavy (non-hydrogen) atoms. The molecule has 0 bridgehead atoms. The van der Waals surface area contributed by atoms with Crippen LogP contribution in [0.15, 0.2) is 48.5 Å². The molecule has 0 aromatic heterocycles. The van der Waals surface area contributed by atoms with Crippen LogP contribution in [0.5, 0.6) is 11.5 Å². The third-order valence-corrected chi connectivity index (χ3v) is 4.54. The quantitative estimate of drug-likeness (QED) is 0.257. The second kappa shape index (κ2) is 12.2. The van der Waals surface area contributed by atoms with E-state index < -0.39 is 5.97 Å². The van der Waals surface area contributed by atoms with E-state index in [0.29, 0.717) is 55.0 Å². The van der Waals surface area contributed by atoms with Crippen LogP contribution in [-0.4, -0.2) is 42.4 Å². The van der Waals surface area contributed by atoms with Crippen molar-refractivity contribution in [3.8, 4) is 11.5 Å². The summed E-state index contributed by atoms with van der Waals surface area (Å²) < 4.78 is 11.3. The molecule has 8 heteroatoms. The summed E-state index contributed by atoms with van der Waals surface area (Å²) in [5.41, 5.74) is 0.914. The maximum Gasteiger partial charge on any atom is 1.00 e. The number of fused-ring (bicyclic) bond motifs is 1. The molecule has 3 rings (SSSR count). The van der Waals surface area contributed by atoms with Crippen molar-refractivity contribution in [3.63, 3.8) is 0 Å². The van der Waals surface area contributed by atoms with E-state index in [-0.39, 0.29) is 76.2 Å². The van der Waals surface area contributed by atoms with Crippen LogP contribution in [0.1, 0.15) is 46.4 Å². The fourth-order valence-corrected chi connectivity index (χ4v) is 3.08. The number of rotatable bonds is 11. The molecule has 0 radical (unpaired) electrons. The minimum atomic E-state index is -1.10. The maximum absolute atomic E-state index is 12.3. The molecule has 0 fully saturated rings. The molecule has 152 valence electrons. The number of nitrogens with zero attached hydrogens (tertiary/aromatic N) is 1. The Kier molecular flexibility index (Phi) is 10.00. The number of carbonyl (C=O) groups is 3. The summed E-state index contributed by atoms with van der Waals surface area (Å²) in [6.07, 6.45) is 1.59. The molecule has 2 aromatic rings. The van der Waals surface area contributed by atoms with Gasteiger partial charge in [-0.15, -0.1) is 0 Å². The molecule has 0 spiro atoms. The van der Waals surface area contributed by atoms with Gasteiger partial charge < -0.3 is 19.4 Å². The monoisotopic (exact) mass is 435 g/mol. The Morgan fingerprint density at radius 1 is 0.800 bits per heavy atom. The van der Waals surface area contributed by atoms with Crippen molar-refractivity contribution in [3.05, 3.63) is 59.7 Å². The molecule has 1 heterocycles. The number of imide groups is 1. The first kappa shape index (κ1) is 24.6. The number of ether oxygens (including phenoxy) is 2. The fraction of sp³-hybridized carbons (Fsp3) is 0.318. The molecular weight excluding hydrogens is 413 g/mol. The Balaban J connectivity index is 0.00000320. The van der Waals surface area contributed by atoms with Gasteiger partial charge in [0.05, 0.1) is 24.3 Å². The largest absolute Gasteiger partial charge is 1.00 e. The van der Waals surface area contributed by atoms with Crippen LogP contribution in [0, 0.1) is 0 Å². The maximum atomic E-state index is 12.3. The zero-order chi connectivity index (χ0) is 20.6. The van der Waals surface area contributed by atoms with E-state index in [1.54, 1.807) is 36.4 Å². The molecule has 7 nitrogen and oxygen atoms in total. The number of amides is 2. The van der Waals surface area contributed by atoms with E-state index in [1.807, 2.05) is 12.1 Å². The number of para-hydroxylation sites is 2. The van der Waals surface area contributed by atoms with Crippen molar-refractivity contribution >= 4 is 17.8 Å². The van der Waals surface area contributed by atoms with Crippen molar-refractivity contribution in [2.24, 2.45) is 0 Å². The predicted molar refractivity (Wildman–Crippen MR) is 103 cm³/mol. The van der Waals surface area contributed by atoms with Gasteiger partial charge in [0, 0.05) is 12.5 Å². The first-order valence-electron chi connectivity index (χ1n) is 9.57. The Labute approximate surface area is 217 Å². The first-order chi connectivity index (χ1) is 14.1. The van der Waals surface area contributed by atoms with Crippen LogP contribution in [0.2, 0.25) is 0 Å². The summed E-state index contributed by atoms with van der Waals surface area (Å²) in [5.74, 6) is -0.479. The summed E-state index contributed by atoms with van der Waals surface area (Å²) in [5, 5.41) is 10.4. The van der Waals surface area contributed by atoms with Crippen LogP contribution >= 0.6 is 0 Å². The first-order valence-corrected chi connectivity index (χ1v) is 9.57. The molecular formula is C22H22KNO6. The molecule has 0 atom stereocenters.